The van der Waals surface area contributed by atoms with E-state index in [-0.39, 0.29) is 24.0 Å². The number of ether oxygens (including phenoxy) is 1. The van der Waals surface area contributed by atoms with E-state index in [9.17, 15) is 19.7 Å². The molecule has 3 rings (SSSR count). The smallest absolute Gasteiger partial charge is 0.287 e. The van der Waals surface area contributed by atoms with Crippen LogP contribution in [-0.2, 0) is 17.8 Å². The lowest BCUT2D eigenvalue weighted by Crippen LogP contribution is -2.26. The van der Waals surface area contributed by atoms with Crippen LogP contribution in [0.1, 0.15) is 40.2 Å². The maximum absolute atomic E-state index is 12.8. The first-order valence-electron chi connectivity index (χ1n) is 8.92. The van der Waals surface area contributed by atoms with E-state index in [0.29, 0.717) is 12.1 Å². The largest absolute Gasteiger partial charge is 0.376 e. The number of nitrogens with zero attached hydrogens (tertiary/aromatic N) is 4. The second-order valence-electron chi connectivity index (χ2n) is 6.87. The zero-order valence-electron chi connectivity index (χ0n) is 15.7. The van der Waals surface area contributed by atoms with E-state index in [1.807, 2.05) is 18.4 Å². The van der Waals surface area contributed by atoms with Gasteiger partial charge in [-0.2, -0.15) is 5.26 Å². The highest BCUT2D eigenvalue weighted by atomic mass is 16.6. The number of pyridine rings is 1. The number of carbonyl (C=O) groups excluding carboxylic acids is 1. The highest BCUT2D eigenvalue weighted by Crippen LogP contribution is 2.21. The number of hydrogen-bond acceptors (Lipinski definition) is 6. The summed E-state index contributed by atoms with van der Waals surface area (Å²) in [5.41, 5.74) is 0.609. The van der Waals surface area contributed by atoms with Crippen LogP contribution in [0.3, 0.4) is 0 Å². The highest BCUT2D eigenvalue weighted by molar-refractivity contribution is 5.97. The fourth-order valence-corrected chi connectivity index (χ4v) is 3.51. The van der Waals surface area contributed by atoms with Gasteiger partial charge in [0.2, 0.25) is 0 Å². The van der Waals surface area contributed by atoms with E-state index in [1.165, 1.54) is 0 Å². The average molecular weight is 384 g/mol. The number of hydrogen-bond donors (Lipinski definition) is 0. The van der Waals surface area contributed by atoms with Crippen molar-refractivity contribution in [3.8, 4) is 6.07 Å². The minimum Gasteiger partial charge on any atom is -0.376 e. The van der Waals surface area contributed by atoms with Crippen molar-refractivity contribution in [2.75, 3.05) is 6.61 Å². The SMILES string of the molecule is Cc1cc(C(=O)Cn2cc([N+](=O)[O-])cc(C#N)c2=O)c(C)n1C[C@@H]1CCCO1. The molecule has 1 atom stereocenters. The third-order valence-corrected chi connectivity index (χ3v) is 5.00. The summed E-state index contributed by atoms with van der Waals surface area (Å²) >= 11 is 0. The quantitative estimate of drug-likeness (QED) is 0.427. The van der Waals surface area contributed by atoms with Gasteiger partial charge >= 0.3 is 0 Å². The Morgan fingerprint density at radius 2 is 2.18 bits per heavy atom. The summed E-state index contributed by atoms with van der Waals surface area (Å²) in [6, 6.07) is 4.31. The number of aryl methyl sites for hydroxylation is 1. The summed E-state index contributed by atoms with van der Waals surface area (Å²) in [6.07, 6.45) is 3.10. The molecule has 0 aliphatic carbocycles. The molecule has 0 saturated carbocycles. The van der Waals surface area contributed by atoms with E-state index in [0.717, 1.165) is 47.7 Å². The van der Waals surface area contributed by atoms with Crippen molar-refractivity contribution in [1.82, 2.24) is 9.13 Å². The van der Waals surface area contributed by atoms with Crippen LogP contribution in [-0.4, -0.2) is 32.6 Å². The molecule has 1 saturated heterocycles. The van der Waals surface area contributed by atoms with Crippen LogP contribution in [0.4, 0.5) is 5.69 Å². The van der Waals surface area contributed by atoms with Crippen molar-refractivity contribution in [2.24, 2.45) is 0 Å². The summed E-state index contributed by atoms with van der Waals surface area (Å²) in [4.78, 5) is 35.4. The minimum atomic E-state index is -0.727. The molecule has 2 aromatic rings. The standard InChI is InChI=1S/C19H20N4O5/c1-12-6-17(13(2)22(12)10-16-4-3-5-28-16)18(24)11-21-9-15(23(26)27)7-14(8-20)19(21)25/h6-7,9,16H,3-5,10-11H2,1-2H3/t16-/m0/s1. The van der Waals surface area contributed by atoms with Crippen LogP contribution in [0.15, 0.2) is 23.1 Å². The van der Waals surface area contributed by atoms with E-state index in [2.05, 4.69) is 0 Å². The first kappa shape index (κ1) is 19.5. The Morgan fingerprint density at radius 1 is 1.43 bits per heavy atom. The topological polar surface area (TPSA) is 120 Å². The molecule has 1 aliphatic rings. The molecule has 146 valence electrons. The zero-order chi connectivity index (χ0) is 20.4. The molecule has 0 unspecified atom stereocenters. The van der Waals surface area contributed by atoms with Crippen LogP contribution in [0.2, 0.25) is 0 Å². The lowest BCUT2D eigenvalue weighted by atomic mass is 10.1. The van der Waals surface area contributed by atoms with Crippen molar-refractivity contribution in [1.29, 1.82) is 5.26 Å². The zero-order valence-corrected chi connectivity index (χ0v) is 15.7. The minimum absolute atomic E-state index is 0.116. The van der Waals surface area contributed by atoms with Gasteiger partial charge in [-0.15, -0.1) is 0 Å². The monoisotopic (exact) mass is 384 g/mol. The molecule has 0 N–H and O–H groups in total. The summed E-state index contributed by atoms with van der Waals surface area (Å²) in [7, 11) is 0. The normalized spacial score (nSPS) is 16.1. The first-order valence-corrected chi connectivity index (χ1v) is 8.92. The second kappa shape index (κ2) is 7.78. The predicted octanol–water partition coefficient (Wildman–Crippen LogP) is 2.11. The molecule has 0 spiro atoms. The summed E-state index contributed by atoms with van der Waals surface area (Å²) in [5, 5.41) is 20.1. The molecule has 0 radical (unpaired) electrons. The van der Waals surface area contributed by atoms with E-state index in [1.54, 1.807) is 12.1 Å². The maximum atomic E-state index is 12.8. The van der Waals surface area contributed by atoms with E-state index in [4.69, 9.17) is 10.00 Å². The molecule has 28 heavy (non-hydrogen) atoms. The molecule has 1 fully saturated rings. The second-order valence-corrected chi connectivity index (χ2v) is 6.87. The molecule has 3 heterocycles. The third kappa shape index (κ3) is 3.73. The third-order valence-electron chi connectivity index (χ3n) is 5.00. The van der Waals surface area contributed by atoms with Crippen molar-refractivity contribution in [3.63, 3.8) is 0 Å². The van der Waals surface area contributed by atoms with Crippen molar-refractivity contribution < 1.29 is 14.5 Å². The molecule has 9 nitrogen and oxygen atoms in total. The summed E-state index contributed by atoms with van der Waals surface area (Å²) in [6.45, 7) is 4.74. The molecule has 9 heteroatoms. The number of nitriles is 1. The highest BCUT2D eigenvalue weighted by Gasteiger charge is 2.22. The van der Waals surface area contributed by atoms with Crippen LogP contribution in [0.5, 0.6) is 0 Å². The molecule has 2 aromatic heterocycles. The van der Waals surface area contributed by atoms with Crippen LogP contribution < -0.4 is 5.56 Å². The number of Topliss-reactive ketones (excluding diaryl/α,β-unsaturated/α-hetero) is 1. The molecule has 0 aromatic carbocycles. The van der Waals surface area contributed by atoms with Crippen molar-refractivity contribution in [2.45, 2.75) is 45.9 Å². The Balaban J connectivity index is 1.90. The Morgan fingerprint density at radius 3 is 2.79 bits per heavy atom. The van der Waals surface area contributed by atoms with Crippen LogP contribution in [0, 0.1) is 35.3 Å². The Labute approximate surface area is 160 Å². The number of aromatic nitrogens is 2. The summed E-state index contributed by atoms with van der Waals surface area (Å²) in [5.74, 6) is -0.349. The van der Waals surface area contributed by atoms with Gasteiger partial charge in [0.15, 0.2) is 5.78 Å². The van der Waals surface area contributed by atoms with Gasteiger partial charge in [-0.3, -0.25) is 24.3 Å². The summed E-state index contributed by atoms with van der Waals surface area (Å²) < 4.78 is 8.60. The number of carbonyl (C=O) groups is 1. The lowest BCUT2D eigenvalue weighted by molar-refractivity contribution is -0.385. The molecule has 0 amide bonds. The van der Waals surface area contributed by atoms with Gasteiger partial charge in [0.1, 0.15) is 11.6 Å². The van der Waals surface area contributed by atoms with Gasteiger partial charge in [-0.1, -0.05) is 0 Å². The van der Waals surface area contributed by atoms with Crippen molar-refractivity contribution >= 4 is 11.5 Å². The lowest BCUT2D eigenvalue weighted by Gasteiger charge is -2.15. The Kier molecular flexibility index (Phi) is 5.42. The average Bonchev–Trinajstić information content (AvgIpc) is 3.27. The fourth-order valence-electron chi connectivity index (χ4n) is 3.51. The first-order chi connectivity index (χ1) is 13.3. The van der Waals surface area contributed by atoms with Gasteiger partial charge in [-0.25, -0.2) is 0 Å². The predicted molar refractivity (Wildman–Crippen MR) is 99.3 cm³/mol. The van der Waals surface area contributed by atoms with Crippen LogP contribution >= 0.6 is 0 Å². The molecular weight excluding hydrogens is 364 g/mol. The van der Waals surface area contributed by atoms with E-state index >= 15 is 0 Å². The molecule has 1 aliphatic heterocycles. The number of nitro groups is 1. The Hall–Kier alpha value is -3.25. The van der Waals surface area contributed by atoms with Crippen molar-refractivity contribution in [3.05, 3.63) is 61.3 Å². The van der Waals surface area contributed by atoms with Gasteiger partial charge in [0, 0.05) is 36.2 Å². The number of rotatable bonds is 6. The van der Waals surface area contributed by atoms with Gasteiger partial charge in [0.25, 0.3) is 11.2 Å². The fraction of sp³-hybridized carbons (Fsp3) is 0.421. The molecule has 0 bridgehead atoms. The van der Waals surface area contributed by atoms with Gasteiger partial charge < -0.3 is 9.30 Å². The van der Waals surface area contributed by atoms with E-state index < -0.39 is 16.2 Å². The van der Waals surface area contributed by atoms with Gasteiger partial charge in [-0.05, 0) is 32.8 Å². The Bertz CT molecular complexity index is 1040. The number of ketones is 1. The maximum Gasteiger partial charge on any atom is 0.287 e. The van der Waals surface area contributed by atoms with Gasteiger partial charge in [0.05, 0.1) is 23.8 Å². The molecular formula is C19H20N4O5. The van der Waals surface area contributed by atoms with Crippen LogP contribution in [0.25, 0.3) is 0 Å².